The van der Waals surface area contributed by atoms with Gasteiger partial charge in [-0.3, -0.25) is 19.3 Å². The number of aromatic hydroxyl groups is 1. The molecule has 4 rings (SSSR count). The van der Waals surface area contributed by atoms with Gasteiger partial charge in [0.15, 0.2) is 5.78 Å². The number of Topliss-reactive ketones (excluding diaryl/α,β-unsaturated/α-hetero) is 1. The lowest BCUT2D eigenvalue weighted by atomic mass is 9.72. The van der Waals surface area contributed by atoms with Crippen molar-refractivity contribution in [1.29, 1.82) is 0 Å². The molecule has 1 amide bonds. The minimum absolute atomic E-state index is 0.0460. The van der Waals surface area contributed by atoms with E-state index >= 15 is 0 Å². The fourth-order valence-electron chi connectivity index (χ4n) is 5.87. The average Bonchev–Trinajstić information content (AvgIpc) is 2.94. The summed E-state index contributed by atoms with van der Waals surface area (Å²) in [5, 5.41) is 24.3. The van der Waals surface area contributed by atoms with Crippen molar-refractivity contribution in [2.45, 2.75) is 97.9 Å². The Labute approximate surface area is 237 Å². The monoisotopic (exact) mass is 546 g/mol. The van der Waals surface area contributed by atoms with E-state index in [-0.39, 0.29) is 35.7 Å². The fourth-order valence-corrected chi connectivity index (χ4v) is 5.87. The molecular weight excluding hydrogens is 504 g/mol. The number of rotatable bonds is 4. The van der Waals surface area contributed by atoms with Crippen LogP contribution in [0.25, 0.3) is 0 Å². The Morgan fingerprint density at radius 3 is 2.10 bits per heavy atom. The second kappa shape index (κ2) is 10.1. The number of allylic oxidation sites excluding steroid dienone is 1. The predicted octanol–water partition coefficient (Wildman–Crippen LogP) is 7.00. The van der Waals surface area contributed by atoms with Crippen LogP contribution in [0, 0.1) is 5.41 Å². The summed E-state index contributed by atoms with van der Waals surface area (Å²) in [5.41, 5.74) is 3.63. The highest BCUT2D eigenvalue weighted by Gasteiger charge is 2.44. The van der Waals surface area contributed by atoms with Crippen LogP contribution < -0.4 is 10.2 Å². The number of aliphatic carboxylic acids is 1. The number of carboxylic acids is 1. The third kappa shape index (κ3) is 5.65. The minimum Gasteiger partial charge on any atom is -0.507 e. The quantitative estimate of drug-likeness (QED) is 0.381. The van der Waals surface area contributed by atoms with Gasteiger partial charge in [-0.2, -0.15) is 0 Å². The van der Waals surface area contributed by atoms with E-state index in [9.17, 15) is 24.6 Å². The van der Waals surface area contributed by atoms with Gasteiger partial charge in [0, 0.05) is 24.1 Å². The molecule has 2 aliphatic rings. The molecule has 0 saturated carbocycles. The topological polar surface area (TPSA) is 107 Å². The number of phenolic OH excluding ortho intramolecular Hbond substituents is 1. The summed E-state index contributed by atoms with van der Waals surface area (Å²) in [7, 11) is 0. The number of hydrogen-bond donors (Lipinski definition) is 3. The molecule has 7 heteroatoms. The summed E-state index contributed by atoms with van der Waals surface area (Å²) in [6.45, 7) is 16.3. The number of fused-ring (bicyclic) bond motifs is 1. The molecule has 3 N–H and O–H groups in total. The molecular formula is C33H42N2O5. The fraction of sp³-hybridized carbons (Fsp3) is 0.485. The highest BCUT2D eigenvalue weighted by molar-refractivity contribution is 6.06. The first-order valence-electron chi connectivity index (χ1n) is 13.9. The normalized spacial score (nSPS) is 18.9. The van der Waals surface area contributed by atoms with E-state index in [1.807, 2.05) is 77.9 Å². The number of phenols is 1. The van der Waals surface area contributed by atoms with Crippen molar-refractivity contribution in [3.63, 3.8) is 0 Å². The van der Waals surface area contributed by atoms with Gasteiger partial charge in [0.1, 0.15) is 5.75 Å². The number of para-hydroxylation sites is 2. The molecule has 0 fully saturated rings. The Bertz CT molecular complexity index is 1370. The predicted molar refractivity (Wildman–Crippen MR) is 158 cm³/mol. The molecule has 2 aromatic carbocycles. The van der Waals surface area contributed by atoms with Crippen molar-refractivity contribution in [3.8, 4) is 5.75 Å². The maximum Gasteiger partial charge on any atom is 0.303 e. The molecule has 1 unspecified atom stereocenters. The molecule has 1 aliphatic carbocycles. The summed E-state index contributed by atoms with van der Waals surface area (Å²) in [6, 6.07) is 10.5. The first kappa shape index (κ1) is 29.4. The molecule has 1 heterocycles. The van der Waals surface area contributed by atoms with Crippen LogP contribution in [0.5, 0.6) is 5.75 Å². The largest absolute Gasteiger partial charge is 0.507 e. The maximum absolute atomic E-state index is 14.0. The molecule has 1 aliphatic heterocycles. The number of anilines is 2. The van der Waals surface area contributed by atoms with Crippen molar-refractivity contribution in [3.05, 3.63) is 64.4 Å². The van der Waals surface area contributed by atoms with E-state index in [4.69, 9.17) is 0 Å². The summed E-state index contributed by atoms with van der Waals surface area (Å²) >= 11 is 0. The van der Waals surface area contributed by atoms with Gasteiger partial charge >= 0.3 is 5.97 Å². The molecule has 0 radical (unpaired) electrons. The van der Waals surface area contributed by atoms with Crippen molar-refractivity contribution < 1.29 is 24.6 Å². The van der Waals surface area contributed by atoms with Crippen LogP contribution >= 0.6 is 0 Å². The van der Waals surface area contributed by atoms with Crippen LogP contribution in [0.2, 0.25) is 0 Å². The Morgan fingerprint density at radius 1 is 0.975 bits per heavy atom. The van der Waals surface area contributed by atoms with Crippen LogP contribution in [0.15, 0.2) is 47.7 Å². The minimum atomic E-state index is -1.06. The smallest absolute Gasteiger partial charge is 0.303 e. The zero-order chi connectivity index (χ0) is 29.8. The van der Waals surface area contributed by atoms with E-state index in [0.29, 0.717) is 29.8 Å². The average molecular weight is 547 g/mol. The lowest BCUT2D eigenvalue weighted by Gasteiger charge is -2.38. The van der Waals surface area contributed by atoms with E-state index in [1.165, 1.54) is 0 Å². The molecule has 7 nitrogen and oxygen atoms in total. The van der Waals surface area contributed by atoms with E-state index in [2.05, 4.69) is 19.2 Å². The number of carbonyl (C=O) groups excluding carboxylic acids is 2. The van der Waals surface area contributed by atoms with Gasteiger partial charge < -0.3 is 15.5 Å². The lowest BCUT2D eigenvalue weighted by Crippen LogP contribution is -2.40. The van der Waals surface area contributed by atoms with Gasteiger partial charge in [-0.15, -0.1) is 0 Å². The number of amides is 1. The second-order valence-electron chi connectivity index (χ2n) is 14.0. The Hall–Kier alpha value is -3.61. The molecule has 0 saturated heterocycles. The highest BCUT2D eigenvalue weighted by Crippen LogP contribution is 2.50. The SMILES string of the molecule is CC1(C)CC(=O)C2=C(C1)Nc1ccccc1N(C(=O)CCC(=O)O)C2c1cc(C(C)(C)C)c(O)c(C(C)(C)C)c1. The van der Waals surface area contributed by atoms with E-state index in [0.717, 1.165) is 22.4 Å². The molecule has 0 spiro atoms. The Morgan fingerprint density at radius 2 is 1.55 bits per heavy atom. The molecule has 40 heavy (non-hydrogen) atoms. The van der Waals surface area contributed by atoms with Crippen molar-refractivity contribution in [1.82, 2.24) is 0 Å². The zero-order valence-corrected chi connectivity index (χ0v) is 24.9. The summed E-state index contributed by atoms with van der Waals surface area (Å²) in [5.74, 6) is -1.27. The van der Waals surface area contributed by atoms with Gasteiger partial charge in [0.2, 0.25) is 5.91 Å². The number of benzene rings is 2. The molecule has 1 atom stereocenters. The number of nitrogens with zero attached hydrogens (tertiary/aromatic N) is 1. The van der Waals surface area contributed by atoms with Crippen molar-refractivity contribution in [2.75, 3.05) is 10.2 Å². The first-order valence-corrected chi connectivity index (χ1v) is 13.9. The number of carbonyl (C=O) groups is 3. The third-order valence-corrected chi connectivity index (χ3v) is 7.79. The molecule has 2 aromatic rings. The summed E-state index contributed by atoms with van der Waals surface area (Å²) in [6.07, 6.45) is 0.416. The molecule has 214 valence electrons. The van der Waals surface area contributed by atoms with Gasteiger partial charge in [-0.1, -0.05) is 67.5 Å². The molecule has 0 bridgehead atoms. The third-order valence-electron chi connectivity index (χ3n) is 7.79. The van der Waals surface area contributed by atoms with Gasteiger partial charge in [-0.05, 0) is 63.6 Å². The zero-order valence-electron chi connectivity index (χ0n) is 24.9. The van der Waals surface area contributed by atoms with Crippen LogP contribution in [0.4, 0.5) is 11.4 Å². The lowest BCUT2D eigenvalue weighted by molar-refractivity contribution is -0.138. The van der Waals surface area contributed by atoms with Gasteiger partial charge in [0.05, 0.1) is 23.8 Å². The standard InChI is InChI=1S/C33H42N2O5/c1-31(2,3)20-15-19(16-21(30(20)40)32(4,5)6)29-28-23(17-33(7,8)18-25(28)36)34-22-11-9-10-12-24(22)35(29)26(37)13-14-27(38)39/h9-12,15-16,29,34,40H,13-14,17-18H2,1-8H3,(H,38,39). The highest BCUT2D eigenvalue weighted by atomic mass is 16.4. The van der Waals surface area contributed by atoms with Crippen LogP contribution in [-0.2, 0) is 25.2 Å². The van der Waals surface area contributed by atoms with Crippen LogP contribution in [-0.4, -0.2) is 27.9 Å². The van der Waals surface area contributed by atoms with E-state index < -0.39 is 22.8 Å². The van der Waals surface area contributed by atoms with Crippen molar-refractivity contribution >= 4 is 29.0 Å². The second-order valence-corrected chi connectivity index (χ2v) is 14.0. The number of ketones is 1. The van der Waals surface area contributed by atoms with Crippen LogP contribution in [0.1, 0.15) is 104 Å². The number of nitrogens with one attached hydrogen (secondary N) is 1. The first-order chi connectivity index (χ1) is 18.4. The van der Waals surface area contributed by atoms with Crippen molar-refractivity contribution in [2.24, 2.45) is 5.41 Å². The van der Waals surface area contributed by atoms with Gasteiger partial charge in [0.25, 0.3) is 0 Å². The Balaban J connectivity index is 2.10. The van der Waals surface area contributed by atoms with Gasteiger partial charge in [-0.25, -0.2) is 0 Å². The summed E-state index contributed by atoms with van der Waals surface area (Å²) < 4.78 is 0. The summed E-state index contributed by atoms with van der Waals surface area (Å²) in [4.78, 5) is 41.1. The Kier molecular flexibility index (Phi) is 7.41. The maximum atomic E-state index is 14.0. The van der Waals surface area contributed by atoms with E-state index in [1.54, 1.807) is 4.90 Å². The number of carboxylic acid groups (broad SMARTS) is 1. The number of hydrogen-bond acceptors (Lipinski definition) is 5. The molecule has 0 aromatic heterocycles. The van der Waals surface area contributed by atoms with Crippen LogP contribution in [0.3, 0.4) is 0 Å².